The van der Waals surface area contributed by atoms with Crippen LogP contribution in [0.25, 0.3) is 0 Å². The fourth-order valence-corrected chi connectivity index (χ4v) is 3.44. The quantitative estimate of drug-likeness (QED) is 0.735. The van der Waals surface area contributed by atoms with Crippen molar-refractivity contribution in [3.8, 4) is 0 Å². The molecule has 0 radical (unpaired) electrons. The maximum absolute atomic E-state index is 12.4. The Kier molecular flexibility index (Phi) is 7.63. The van der Waals surface area contributed by atoms with Gasteiger partial charge in [0.25, 0.3) is 0 Å². The molecule has 4 atom stereocenters. The zero-order chi connectivity index (χ0) is 15.5. The summed E-state index contributed by atoms with van der Waals surface area (Å²) < 4.78 is 5.95. The van der Waals surface area contributed by atoms with Crippen molar-refractivity contribution in [3.63, 3.8) is 0 Å². The van der Waals surface area contributed by atoms with Gasteiger partial charge in [0.1, 0.15) is 0 Å². The lowest BCUT2D eigenvalue weighted by Crippen LogP contribution is -2.63. The van der Waals surface area contributed by atoms with E-state index in [1.54, 1.807) is 0 Å². The maximum Gasteiger partial charge on any atom is 0.223 e. The number of carbonyl (C=O) groups is 1. The molecule has 0 aromatic heterocycles. The molecule has 22 heavy (non-hydrogen) atoms. The average Bonchev–Trinajstić information content (AvgIpc) is 2.45. The van der Waals surface area contributed by atoms with Crippen molar-refractivity contribution in [1.82, 2.24) is 10.6 Å². The lowest BCUT2D eigenvalue weighted by Gasteiger charge is -2.52. The minimum absolute atomic E-state index is 0. The molecular formula is C17H33ClN2O2. The zero-order valence-electron chi connectivity index (χ0n) is 14.5. The van der Waals surface area contributed by atoms with Crippen LogP contribution in [-0.4, -0.2) is 37.2 Å². The van der Waals surface area contributed by atoms with E-state index in [1.807, 2.05) is 0 Å². The van der Waals surface area contributed by atoms with E-state index in [2.05, 4.69) is 38.3 Å². The van der Waals surface area contributed by atoms with Gasteiger partial charge in [-0.05, 0) is 39.2 Å². The lowest BCUT2D eigenvalue weighted by atomic mass is 9.64. The summed E-state index contributed by atoms with van der Waals surface area (Å²) in [7, 11) is 0. The van der Waals surface area contributed by atoms with E-state index in [4.69, 9.17) is 4.74 Å². The van der Waals surface area contributed by atoms with E-state index in [0.29, 0.717) is 12.1 Å². The van der Waals surface area contributed by atoms with E-state index < -0.39 is 0 Å². The van der Waals surface area contributed by atoms with Gasteiger partial charge in [0.05, 0.1) is 6.10 Å². The summed E-state index contributed by atoms with van der Waals surface area (Å²) in [6, 6.07) is 0.718. The fourth-order valence-electron chi connectivity index (χ4n) is 3.44. The fraction of sp³-hybridized carbons (Fsp3) is 0.941. The molecule has 0 spiro atoms. The van der Waals surface area contributed by atoms with Crippen molar-refractivity contribution < 1.29 is 9.53 Å². The van der Waals surface area contributed by atoms with Crippen LogP contribution >= 0.6 is 12.4 Å². The summed E-state index contributed by atoms with van der Waals surface area (Å²) in [5.74, 6) is 0.422. The van der Waals surface area contributed by atoms with Gasteiger partial charge in [0, 0.05) is 30.0 Å². The molecular weight excluding hydrogens is 300 g/mol. The molecule has 2 unspecified atom stereocenters. The first-order valence-electron chi connectivity index (χ1n) is 8.60. The van der Waals surface area contributed by atoms with Crippen molar-refractivity contribution >= 4 is 18.3 Å². The molecule has 0 aromatic carbocycles. The Morgan fingerprint density at radius 3 is 2.68 bits per heavy atom. The number of hydrogen-bond acceptors (Lipinski definition) is 3. The molecule has 2 aliphatic rings. The SMILES string of the molecule is CCCCOC1CC(NC(=O)[C@H]2CCN[C@@H](C)C2)C1(C)C.Cl. The topological polar surface area (TPSA) is 50.4 Å². The molecule has 2 rings (SSSR count). The van der Waals surface area contributed by atoms with Crippen LogP contribution in [0.1, 0.15) is 59.8 Å². The third kappa shape index (κ3) is 4.59. The van der Waals surface area contributed by atoms with E-state index in [-0.39, 0.29) is 35.7 Å². The summed E-state index contributed by atoms with van der Waals surface area (Å²) in [6.45, 7) is 10.6. The monoisotopic (exact) mass is 332 g/mol. The Morgan fingerprint density at radius 1 is 1.36 bits per heavy atom. The van der Waals surface area contributed by atoms with Gasteiger partial charge in [0.15, 0.2) is 0 Å². The van der Waals surface area contributed by atoms with Crippen LogP contribution in [0.2, 0.25) is 0 Å². The molecule has 1 aliphatic carbocycles. The Hall–Kier alpha value is -0.320. The summed E-state index contributed by atoms with van der Waals surface area (Å²) in [5, 5.41) is 6.67. The van der Waals surface area contributed by atoms with Crippen LogP contribution in [0.3, 0.4) is 0 Å². The molecule has 4 nitrogen and oxygen atoms in total. The number of nitrogens with one attached hydrogen (secondary N) is 2. The number of carbonyl (C=O) groups excluding carboxylic acids is 1. The van der Waals surface area contributed by atoms with Crippen LogP contribution in [0.4, 0.5) is 0 Å². The van der Waals surface area contributed by atoms with Crippen LogP contribution in [-0.2, 0) is 9.53 Å². The van der Waals surface area contributed by atoms with Crippen LogP contribution in [0, 0.1) is 11.3 Å². The van der Waals surface area contributed by atoms with Gasteiger partial charge in [-0.15, -0.1) is 12.4 Å². The van der Waals surface area contributed by atoms with Gasteiger partial charge in [-0.1, -0.05) is 27.2 Å². The maximum atomic E-state index is 12.4. The van der Waals surface area contributed by atoms with Crippen molar-refractivity contribution in [2.45, 2.75) is 78.0 Å². The predicted molar refractivity (Wildman–Crippen MR) is 92.4 cm³/mol. The molecule has 1 heterocycles. The highest BCUT2D eigenvalue weighted by Crippen LogP contribution is 2.43. The van der Waals surface area contributed by atoms with Crippen molar-refractivity contribution in [1.29, 1.82) is 0 Å². The van der Waals surface area contributed by atoms with E-state index in [0.717, 1.165) is 38.8 Å². The number of halogens is 1. The minimum Gasteiger partial charge on any atom is -0.378 e. The molecule has 0 bridgehead atoms. The molecule has 1 saturated carbocycles. The Morgan fingerprint density at radius 2 is 2.09 bits per heavy atom. The number of hydrogen-bond donors (Lipinski definition) is 2. The van der Waals surface area contributed by atoms with Gasteiger partial charge in [-0.25, -0.2) is 0 Å². The van der Waals surface area contributed by atoms with Gasteiger partial charge in [-0.3, -0.25) is 4.79 Å². The molecule has 0 aromatic rings. The third-order valence-electron chi connectivity index (χ3n) is 5.31. The predicted octanol–water partition coefficient (Wildman–Crippen LogP) is 2.90. The molecule has 2 fully saturated rings. The minimum atomic E-state index is 0. The van der Waals surface area contributed by atoms with Crippen LogP contribution in [0.15, 0.2) is 0 Å². The first-order chi connectivity index (χ1) is 9.95. The third-order valence-corrected chi connectivity index (χ3v) is 5.31. The number of unbranched alkanes of at least 4 members (excludes halogenated alkanes) is 1. The van der Waals surface area contributed by atoms with E-state index in [9.17, 15) is 4.79 Å². The molecule has 2 N–H and O–H groups in total. The van der Waals surface area contributed by atoms with Crippen LogP contribution in [0.5, 0.6) is 0 Å². The summed E-state index contributed by atoms with van der Waals surface area (Å²) in [6.07, 6.45) is 5.46. The van der Waals surface area contributed by atoms with Crippen molar-refractivity contribution in [2.24, 2.45) is 11.3 Å². The highest BCUT2D eigenvalue weighted by atomic mass is 35.5. The molecule has 5 heteroatoms. The number of ether oxygens (including phenoxy) is 1. The molecule has 130 valence electrons. The van der Waals surface area contributed by atoms with E-state index >= 15 is 0 Å². The van der Waals surface area contributed by atoms with E-state index in [1.165, 1.54) is 6.42 Å². The lowest BCUT2D eigenvalue weighted by molar-refractivity contribution is -0.141. The summed E-state index contributed by atoms with van der Waals surface area (Å²) in [4.78, 5) is 12.4. The van der Waals surface area contributed by atoms with Gasteiger partial charge in [0.2, 0.25) is 5.91 Å². The molecule has 1 aliphatic heterocycles. The smallest absolute Gasteiger partial charge is 0.223 e. The van der Waals surface area contributed by atoms with Gasteiger partial charge in [-0.2, -0.15) is 0 Å². The standard InChI is InChI=1S/C17H32N2O2.ClH/c1-5-6-9-21-15-11-14(17(15,3)4)19-16(20)13-7-8-18-12(2)10-13;/h12-15,18H,5-11H2,1-4H3,(H,19,20);1H/t12-,13-,14?,15?;/m0./s1. The Bertz CT molecular complexity index is 363. The zero-order valence-corrected chi connectivity index (χ0v) is 15.3. The normalized spacial score (nSPS) is 33.5. The average molecular weight is 333 g/mol. The summed E-state index contributed by atoms with van der Waals surface area (Å²) in [5.41, 5.74) is 0.0575. The largest absolute Gasteiger partial charge is 0.378 e. The second-order valence-corrected chi connectivity index (χ2v) is 7.41. The van der Waals surface area contributed by atoms with Crippen molar-refractivity contribution in [2.75, 3.05) is 13.2 Å². The number of amides is 1. The Balaban J connectivity index is 0.00000242. The number of piperidine rings is 1. The highest BCUT2D eigenvalue weighted by molar-refractivity contribution is 5.85. The molecule has 1 saturated heterocycles. The first kappa shape index (κ1) is 19.7. The van der Waals surface area contributed by atoms with Crippen LogP contribution < -0.4 is 10.6 Å². The highest BCUT2D eigenvalue weighted by Gasteiger charge is 2.50. The first-order valence-corrected chi connectivity index (χ1v) is 8.60. The second kappa shape index (κ2) is 8.51. The molecule has 1 amide bonds. The van der Waals surface area contributed by atoms with Gasteiger partial charge < -0.3 is 15.4 Å². The second-order valence-electron chi connectivity index (χ2n) is 7.41. The Labute approximate surface area is 141 Å². The number of rotatable bonds is 6. The van der Waals surface area contributed by atoms with Gasteiger partial charge >= 0.3 is 0 Å². The van der Waals surface area contributed by atoms with Crippen molar-refractivity contribution in [3.05, 3.63) is 0 Å². The summed E-state index contributed by atoms with van der Waals surface area (Å²) >= 11 is 0.